The Kier molecular flexibility index (Phi) is 4.02. The monoisotopic (exact) mass is 202 g/mol. The maximum atomic E-state index is 5.48. The predicted molar refractivity (Wildman–Crippen MR) is 56.8 cm³/mol. The Morgan fingerprint density at radius 3 is 3.08 bits per heavy atom. The summed E-state index contributed by atoms with van der Waals surface area (Å²) in [5.74, 6) is 1.92. The number of halogens is 1. The molecule has 0 aliphatic carbocycles. The zero-order chi connectivity index (χ0) is 9.68. The molecular weight excluding hydrogens is 188 g/mol. The highest BCUT2D eigenvalue weighted by molar-refractivity contribution is 6.27. The molecule has 5 heteroatoms. The molecule has 1 rings (SSSR count). The largest absolute Gasteiger partial charge is 0.386 e. The van der Waals surface area contributed by atoms with Crippen molar-refractivity contribution in [3.05, 3.63) is 0 Å². The number of hydrogen-bond donors (Lipinski definition) is 1. The van der Waals surface area contributed by atoms with Crippen molar-refractivity contribution in [2.45, 2.75) is 6.92 Å². The molecule has 0 aromatic rings. The summed E-state index contributed by atoms with van der Waals surface area (Å²) in [7, 11) is 0. The molecule has 0 fully saturated rings. The van der Waals surface area contributed by atoms with Crippen LogP contribution in [0.15, 0.2) is 9.98 Å². The van der Waals surface area contributed by atoms with Gasteiger partial charge in [-0.2, -0.15) is 0 Å². The molecule has 74 valence electrons. The van der Waals surface area contributed by atoms with E-state index in [0.29, 0.717) is 18.3 Å². The average Bonchev–Trinajstić information content (AvgIpc) is 2.52. The normalized spacial score (nSPS) is 17.8. The van der Waals surface area contributed by atoms with Crippen LogP contribution in [-0.2, 0) is 0 Å². The lowest BCUT2D eigenvalue weighted by molar-refractivity contribution is 0.466. The van der Waals surface area contributed by atoms with Gasteiger partial charge in [-0.3, -0.25) is 9.98 Å². The smallest absolute Gasteiger partial charge is 0.109 e. The first-order valence-corrected chi connectivity index (χ1v) is 4.88. The molecule has 0 bridgehead atoms. The van der Waals surface area contributed by atoms with Gasteiger partial charge in [-0.05, 0) is 6.92 Å². The molecule has 1 heterocycles. The molecule has 1 aliphatic rings. The molecule has 1 aliphatic heterocycles. The van der Waals surface area contributed by atoms with Crippen LogP contribution in [0.1, 0.15) is 6.92 Å². The van der Waals surface area contributed by atoms with Crippen LogP contribution in [0.25, 0.3) is 0 Å². The molecule has 2 N–H and O–H groups in total. The van der Waals surface area contributed by atoms with Crippen LogP contribution in [0.5, 0.6) is 0 Å². The zero-order valence-corrected chi connectivity index (χ0v) is 8.59. The lowest BCUT2D eigenvalue weighted by Crippen LogP contribution is -2.29. The number of aliphatic imine (C=N–C) groups is 2. The number of nitrogens with zero attached hydrogens (tertiary/aromatic N) is 3. The summed E-state index contributed by atoms with van der Waals surface area (Å²) in [5, 5.41) is 0. The van der Waals surface area contributed by atoms with E-state index >= 15 is 0 Å². The van der Waals surface area contributed by atoms with Gasteiger partial charge in [-0.25, -0.2) is 0 Å². The van der Waals surface area contributed by atoms with Gasteiger partial charge in [0, 0.05) is 13.1 Å². The highest BCUT2D eigenvalue weighted by atomic mass is 35.5. The predicted octanol–water partition coefficient (Wildman–Crippen LogP) is 0.316. The van der Waals surface area contributed by atoms with Gasteiger partial charge in [0.25, 0.3) is 0 Å². The van der Waals surface area contributed by atoms with Crippen molar-refractivity contribution in [3.8, 4) is 0 Å². The van der Waals surface area contributed by atoms with Crippen LogP contribution in [0, 0.1) is 0 Å². The van der Waals surface area contributed by atoms with E-state index in [1.807, 2.05) is 6.92 Å². The van der Waals surface area contributed by atoms with Crippen LogP contribution in [-0.4, -0.2) is 48.6 Å². The fourth-order valence-electron chi connectivity index (χ4n) is 1.22. The third-order valence-corrected chi connectivity index (χ3v) is 2.26. The summed E-state index contributed by atoms with van der Waals surface area (Å²) in [6, 6.07) is 0. The average molecular weight is 203 g/mol. The quantitative estimate of drug-likeness (QED) is 0.406. The first kappa shape index (κ1) is 10.3. The van der Waals surface area contributed by atoms with Gasteiger partial charge in [0.15, 0.2) is 0 Å². The zero-order valence-electron chi connectivity index (χ0n) is 7.83. The van der Waals surface area contributed by atoms with E-state index in [2.05, 4.69) is 14.9 Å². The summed E-state index contributed by atoms with van der Waals surface area (Å²) in [4.78, 5) is 10.6. The molecule has 4 nitrogen and oxygen atoms in total. The molecular formula is C8H15ClN4. The summed E-state index contributed by atoms with van der Waals surface area (Å²) >= 11 is 5.48. The third-order valence-electron chi connectivity index (χ3n) is 1.99. The van der Waals surface area contributed by atoms with Crippen LogP contribution in [0.3, 0.4) is 0 Å². The van der Waals surface area contributed by atoms with Crippen LogP contribution in [0.4, 0.5) is 0 Å². The van der Waals surface area contributed by atoms with Crippen LogP contribution < -0.4 is 5.73 Å². The fraction of sp³-hybridized carbons (Fsp3) is 0.750. The van der Waals surface area contributed by atoms with Crippen molar-refractivity contribution >= 4 is 23.3 Å². The molecule has 0 spiro atoms. The minimum atomic E-state index is 0.313. The van der Waals surface area contributed by atoms with Crippen molar-refractivity contribution in [2.24, 2.45) is 15.7 Å². The summed E-state index contributed by atoms with van der Waals surface area (Å²) in [6.07, 6.45) is 0. The Labute approximate surface area is 83.5 Å². The molecule has 0 amide bonds. The highest BCUT2D eigenvalue weighted by Gasteiger charge is 2.10. The Bertz CT molecular complexity index is 224. The van der Waals surface area contributed by atoms with Gasteiger partial charge < -0.3 is 10.6 Å². The van der Waals surface area contributed by atoms with Crippen molar-refractivity contribution in [1.82, 2.24) is 4.90 Å². The number of hydrogen-bond acceptors (Lipinski definition) is 3. The Hall–Kier alpha value is -0.770. The molecule has 0 saturated heterocycles. The Morgan fingerprint density at radius 1 is 1.77 bits per heavy atom. The molecule has 0 saturated carbocycles. The summed E-state index contributed by atoms with van der Waals surface area (Å²) < 4.78 is 0. The second-order valence-electron chi connectivity index (χ2n) is 2.92. The number of amidine groups is 2. The maximum Gasteiger partial charge on any atom is 0.109 e. The number of alkyl halides is 1. The third kappa shape index (κ3) is 3.22. The van der Waals surface area contributed by atoms with Gasteiger partial charge >= 0.3 is 0 Å². The molecule has 0 radical (unpaired) electrons. The van der Waals surface area contributed by atoms with E-state index < -0.39 is 0 Å². The minimum Gasteiger partial charge on any atom is -0.386 e. The van der Waals surface area contributed by atoms with Crippen LogP contribution >= 0.6 is 11.6 Å². The lowest BCUT2D eigenvalue weighted by atomic mass is 10.5. The SMILES string of the molecule is CC1=NCCN1CCN=C(N)CCl. The van der Waals surface area contributed by atoms with E-state index in [-0.39, 0.29) is 0 Å². The van der Waals surface area contributed by atoms with Gasteiger partial charge in [0.1, 0.15) is 5.84 Å². The Balaban J connectivity index is 2.23. The van der Waals surface area contributed by atoms with Crippen molar-refractivity contribution in [2.75, 3.05) is 32.1 Å². The van der Waals surface area contributed by atoms with E-state index in [4.69, 9.17) is 17.3 Å². The molecule has 0 atom stereocenters. The topological polar surface area (TPSA) is 54.0 Å². The van der Waals surface area contributed by atoms with E-state index in [0.717, 1.165) is 25.5 Å². The van der Waals surface area contributed by atoms with Gasteiger partial charge in [0.05, 0.1) is 24.8 Å². The molecule has 0 aromatic heterocycles. The number of rotatable bonds is 4. The van der Waals surface area contributed by atoms with E-state index in [1.165, 1.54) is 0 Å². The standard InChI is InChI=1S/C8H15ClN4/c1-7-11-2-4-13(7)5-3-12-8(10)6-9/h2-6H2,1H3,(H2,10,12). The van der Waals surface area contributed by atoms with Crippen LogP contribution in [0.2, 0.25) is 0 Å². The first-order chi connectivity index (χ1) is 6.24. The van der Waals surface area contributed by atoms with Gasteiger partial charge in [-0.1, -0.05) is 0 Å². The van der Waals surface area contributed by atoms with E-state index in [1.54, 1.807) is 0 Å². The van der Waals surface area contributed by atoms with Crippen molar-refractivity contribution in [1.29, 1.82) is 0 Å². The first-order valence-electron chi connectivity index (χ1n) is 4.35. The second kappa shape index (κ2) is 5.07. The Morgan fingerprint density at radius 2 is 2.54 bits per heavy atom. The maximum absolute atomic E-state index is 5.48. The second-order valence-corrected chi connectivity index (χ2v) is 3.19. The molecule has 0 aromatic carbocycles. The lowest BCUT2D eigenvalue weighted by Gasteiger charge is -2.16. The minimum absolute atomic E-state index is 0.313. The van der Waals surface area contributed by atoms with Gasteiger partial charge in [-0.15, -0.1) is 11.6 Å². The molecule has 13 heavy (non-hydrogen) atoms. The summed E-state index contributed by atoms with van der Waals surface area (Å²) in [6.45, 7) is 5.50. The van der Waals surface area contributed by atoms with Crippen molar-refractivity contribution < 1.29 is 0 Å². The highest BCUT2D eigenvalue weighted by Crippen LogP contribution is 1.99. The van der Waals surface area contributed by atoms with Gasteiger partial charge in [0.2, 0.25) is 0 Å². The number of nitrogens with two attached hydrogens (primary N) is 1. The fourth-order valence-corrected chi connectivity index (χ4v) is 1.31. The summed E-state index contributed by atoms with van der Waals surface area (Å²) in [5.41, 5.74) is 5.46. The molecule has 0 unspecified atom stereocenters. The van der Waals surface area contributed by atoms with Crippen molar-refractivity contribution in [3.63, 3.8) is 0 Å². The van der Waals surface area contributed by atoms with E-state index in [9.17, 15) is 0 Å².